The SMILES string of the molecule is CC.CN1CCC(N2Cc3c(cc4[nH]c(-c5c(N)cc[nH]c5=O)nc4c3Cl)C2=O)CC1. The quantitative estimate of drug-likeness (QED) is 0.564. The maximum Gasteiger partial charge on any atom is 0.261 e. The van der Waals surface area contributed by atoms with Crippen molar-refractivity contribution in [2.75, 3.05) is 25.9 Å². The summed E-state index contributed by atoms with van der Waals surface area (Å²) in [4.78, 5) is 39.8. The zero-order chi connectivity index (χ0) is 22.3. The zero-order valence-electron chi connectivity index (χ0n) is 18.0. The van der Waals surface area contributed by atoms with Gasteiger partial charge in [-0.05, 0) is 45.1 Å². The summed E-state index contributed by atoms with van der Waals surface area (Å²) in [5.74, 6) is 0.344. The third-order valence-corrected chi connectivity index (χ3v) is 6.40. The van der Waals surface area contributed by atoms with Crippen molar-refractivity contribution in [3.05, 3.63) is 44.8 Å². The molecule has 1 fully saturated rings. The number of carbonyl (C=O) groups is 1. The summed E-state index contributed by atoms with van der Waals surface area (Å²) in [6.07, 6.45) is 3.41. The van der Waals surface area contributed by atoms with Crippen LogP contribution in [0.4, 0.5) is 5.69 Å². The number of rotatable bonds is 2. The van der Waals surface area contributed by atoms with Crippen LogP contribution in [-0.4, -0.2) is 56.8 Å². The van der Waals surface area contributed by atoms with Gasteiger partial charge in [0.1, 0.15) is 16.9 Å². The van der Waals surface area contributed by atoms with E-state index < -0.39 is 0 Å². The molecule has 31 heavy (non-hydrogen) atoms. The predicted octanol–water partition coefficient (Wildman–Crippen LogP) is 3.23. The van der Waals surface area contributed by atoms with Crippen molar-refractivity contribution in [1.29, 1.82) is 0 Å². The molecule has 2 aliphatic heterocycles. The Bertz CT molecular complexity index is 1190. The standard InChI is InChI=1S/C20H21ClN6O2.C2H6/c1-26-6-3-10(4-7-26)27-9-12-11(20(27)29)8-14-17(16(12)21)25-18(24-14)15-13(22)2-5-23-19(15)28;1-2/h2,5,8,10H,3-4,6-7,9H2,1H3,(H,24,25)(H3,22,23,28);1-2H3. The maximum absolute atomic E-state index is 13.1. The number of aromatic amines is 2. The van der Waals surface area contributed by atoms with Gasteiger partial charge in [0.15, 0.2) is 0 Å². The molecule has 9 heteroatoms. The molecule has 0 radical (unpaired) electrons. The smallest absolute Gasteiger partial charge is 0.261 e. The first-order chi connectivity index (χ1) is 14.9. The second kappa shape index (κ2) is 8.36. The minimum absolute atomic E-state index is 0.00609. The number of nitrogens with two attached hydrogens (primary N) is 1. The van der Waals surface area contributed by atoms with Gasteiger partial charge in [-0.1, -0.05) is 25.4 Å². The average Bonchev–Trinajstić information content (AvgIpc) is 3.33. The van der Waals surface area contributed by atoms with Crippen LogP contribution in [0.1, 0.15) is 42.6 Å². The van der Waals surface area contributed by atoms with Crippen LogP contribution in [-0.2, 0) is 6.54 Å². The van der Waals surface area contributed by atoms with Crippen molar-refractivity contribution >= 4 is 34.2 Å². The highest BCUT2D eigenvalue weighted by atomic mass is 35.5. The minimum atomic E-state index is -0.336. The van der Waals surface area contributed by atoms with Crippen LogP contribution in [0.25, 0.3) is 22.4 Å². The lowest BCUT2D eigenvalue weighted by atomic mass is 10.0. The van der Waals surface area contributed by atoms with Crippen molar-refractivity contribution in [3.63, 3.8) is 0 Å². The number of benzene rings is 1. The number of amides is 1. The van der Waals surface area contributed by atoms with Crippen molar-refractivity contribution in [2.45, 2.75) is 39.3 Å². The van der Waals surface area contributed by atoms with E-state index >= 15 is 0 Å². The Hall–Kier alpha value is -2.84. The molecule has 1 amide bonds. The fraction of sp³-hybridized carbons (Fsp3) is 0.409. The minimum Gasteiger partial charge on any atom is -0.398 e. The number of likely N-dealkylation sites (tertiary alicyclic amines) is 1. The number of anilines is 1. The van der Waals surface area contributed by atoms with Crippen LogP contribution in [0.5, 0.6) is 0 Å². The first kappa shape index (κ1) is 21.4. The molecule has 0 saturated carbocycles. The zero-order valence-corrected chi connectivity index (χ0v) is 18.7. The lowest BCUT2D eigenvalue weighted by molar-refractivity contribution is 0.0617. The first-order valence-corrected chi connectivity index (χ1v) is 11.0. The second-order valence-corrected chi connectivity index (χ2v) is 8.18. The number of pyridine rings is 1. The van der Waals surface area contributed by atoms with E-state index in [-0.39, 0.29) is 23.1 Å². The third kappa shape index (κ3) is 3.59. The highest BCUT2D eigenvalue weighted by molar-refractivity contribution is 6.36. The van der Waals surface area contributed by atoms with Gasteiger partial charge < -0.3 is 25.5 Å². The topological polar surface area (TPSA) is 111 Å². The Morgan fingerprint density at radius 3 is 2.61 bits per heavy atom. The number of halogens is 1. The van der Waals surface area contributed by atoms with E-state index in [2.05, 4.69) is 26.9 Å². The van der Waals surface area contributed by atoms with Crippen molar-refractivity contribution in [3.8, 4) is 11.4 Å². The molecule has 0 bridgehead atoms. The van der Waals surface area contributed by atoms with E-state index in [1.165, 1.54) is 6.20 Å². The van der Waals surface area contributed by atoms with Crippen LogP contribution in [0.3, 0.4) is 0 Å². The molecule has 4 N–H and O–H groups in total. The molecule has 0 unspecified atom stereocenters. The van der Waals surface area contributed by atoms with Crippen LogP contribution >= 0.6 is 11.6 Å². The van der Waals surface area contributed by atoms with Crippen LogP contribution in [0.15, 0.2) is 23.1 Å². The van der Waals surface area contributed by atoms with Gasteiger partial charge in [-0.2, -0.15) is 0 Å². The second-order valence-electron chi connectivity index (χ2n) is 7.80. The molecular formula is C22H27ClN6O2. The number of nitrogens with one attached hydrogen (secondary N) is 2. The fourth-order valence-corrected chi connectivity index (χ4v) is 4.66. The van der Waals surface area contributed by atoms with Crippen LogP contribution in [0, 0.1) is 0 Å². The Morgan fingerprint density at radius 1 is 1.23 bits per heavy atom. The average molecular weight is 443 g/mol. The number of imidazole rings is 1. The number of hydrogen-bond acceptors (Lipinski definition) is 5. The van der Waals surface area contributed by atoms with Gasteiger partial charge in [-0.25, -0.2) is 4.98 Å². The van der Waals surface area contributed by atoms with Gasteiger partial charge in [-0.3, -0.25) is 9.59 Å². The summed E-state index contributed by atoms with van der Waals surface area (Å²) < 4.78 is 0. The lowest BCUT2D eigenvalue weighted by Gasteiger charge is -2.34. The van der Waals surface area contributed by atoms with Gasteiger partial charge in [0, 0.05) is 35.6 Å². The van der Waals surface area contributed by atoms with Gasteiger partial charge in [0.25, 0.3) is 11.5 Å². The van der Waals surface area contributed by atoms with E-state index in [1.807, 2.05) is 18.7 Å². The van der Waals surface area contributed by atoms with Gasteiger partial charge in [0.2, 0.25) is 0 Å². The summed E-state index contributed by atoms with van der Waals surface area (Å²) in [5, 5.41) is 0.453. The van der Waals surface area contributed by atoms with Gasteiger partial charge in [-0.15, -0.1) is 0 Å². The molecule has 0 aliphatic carbocycles. The van der Waals surface area contributed by atoms with E-state index in [0.29, 0.717) is 39.7 Å². The van der Waals surface area contributed by atoms with Crippen molar-refractivity contribution in [1.82, 2.24) is 24.8 Å². The molecule has 164 valence electrons. The number of H-pyrrole nitrogens is 2. The monoisotopic (exact) mass is 442 g/mol. The van der Waals surface area contributed by atoms with E-state index in [4.69, 9.17) is 17.3 Å². The molecule has 5 rings (SSSR count). The molecule has 8 nitrogen and oxygen atoms in total. The highest BCUT2D eigenvalue weighted by Gasteiger charge is 2.36. The first-order valence-electron chi connectivity index (χ1n) is 10.6. The number of hydrogen-bond donors (Lipinski definition) is 3. The fourth-order valence-electron chi connectivity index (χ4n) is 4.35. The predicted molar refractivity (Wildman–Crippen MR) is 123 cm³/mol. The number of aromatic nitrogens is 3. The summed E-state index contributed by atoms with van der Waals surface area (Å²) in [5.41, 5.74) is 8.78. The summed E-state index contributed by atoms with van der Waals surface area (Å²) in [6, 6.07) is 3.62. The van der Waals surface area contributed by atoms with Crippen LogP contribution in [0.2, 0.25) is 5.02 Å². The van der Waals surface area contributed by atoms with E-state index in [9.17, 15) is 9.59 Å². The molecule has 2 aromatic heterocycles. The van der Waals surface area contributed by atoms with Gasteiger partial charge >= 0.3 is 0 Å². The molecule has 1 saturated heterocycles. The Morgan fingerprint density at radius 2 is 1.94 bits per heavy atom. The third-order valence-electron chi connectivity index (χ3n) is 6.00. The maximum atomic E-state index is 13.1. The Balaban J connectivity index is 0.00000112. The number of nitrogens with zero attached hydrogens (tertiary/aromatic N) is 3. The summed E-state index contributed by atoms with van der Waals surface area (Å²) >= 11 is 6.67. The highest BCUT2D eigenvalue weighted by Crippen LogP contribution is 2.37. The lowest BCUT2D eigenvalue weighted by Crippen LogP contribution is -2.43. The molecule has 4 heterocycles. The molecular weight excluding hydrogens is 416 g/mol. The number of fused-ring (bicyclic) bond motifs is 2. The Labute approximate surface area is 185 Å². The Kier molecular flexibility index (Phi) is 5.77. The van der Waals surface area contributed by atoms with Gasteiger partial charge in [0.05, 0.1) is 10.5 Å². The molecule has 2 aliphatic rings. The summed E-state index contributed by atoms with van der Waals surface area (Å²) in [6.45, 7) is 6.46. The summed E-state index contributed by atoms with van der Waals surface area (Å²) in [7, 11) is 2.10. The normalized spacial score (nSPS) is 17.0. The largest absolute Gasteiger partial charge is 0.398 e. The molecule has 0 spiro atoms. The van der Waals surface area contributed by atoms with E-state index in [1.54, 1.807) is 12.1 Å². The van der Waals surface area contributed by atoms with Crippen molar-refractivity contribution in [2.24, 2.45) is 0 Å². The number of nitrogen functional groups attached to an aromatic ring is 1. The van der Waals surface area contributed by atoms with Crippen molar-refractivity contribution < 1.29 is 4.79 Å². The molecule has 0 atom stereocenters. The number of carbonyl (C=O) groups excluding carboxylic acids is 1. The molecule has 3 aromatic rings. The van der Waals surface area contributed by atoms with E-state index in [0.717, 1.165) is 31.5 Å². The van der Waals surface area contributed by atoms with Crippen LogP contribution < -0.4 is 11.3 Å². The molecule has 1 aromatic carbocycles. The number of piperidine rings is 1.